The van der Waals surface area contributed by atoms with Gasteiger partial charge in [0, 0.05) is 86.3 Å². The Morgan fingerprint density at radius 3 is 1.71 bits per heavy atom. The van der Waals surface area contributed by atoms with E-state index in [2.05, 4.69) is 59.1 Å². The molecule has 8 heterocycles. The molecule has 6 aromatic heterocycles. The Labute approximate surface area is 259 Å². The van der Waals surface area contributed by atoms with Crippen molar-refractivity contribution in [2.24, 2.45) is 0 Å². The Balaban J connectivity index is 0.000000135. The van der Waals surface area contributed by atoms with E-state index >= 15 is 0 Å². The second kappa shape index (κ2) is 13.3. The Morgan fingerprint density at radius 2 is 1.20 bits per heavy atom. The SMILES string of the molecule is CN1CCN(C(=O)c2cc3c(cn2)[nH]c2ncccc23)CC1.CN1CCNCC1.O=C(O)c1cc2c(cn1)[nH]c1ncccc12. The fraction of sp³-hybridized carbons (Fsp3) is 0.312. The number of aromatic nitrogens is 6. The molecule has 0 aromatic carbocycles. The van der Waals surface area contributed by atoms with Gasteiger partial charge in [-0.15, -0.1) is 0 Å². The molecule has 0 bridgehead atoms. The quantitative estimate of drug-likeness (QED) is 0.230. The minimum atomic E-state index is -1.03. The van der Waals surface area contributed by atoms with Crippen molar-refractivity contribution in [1.29, 1.82) is 0 Å². The molecule has 6 aromatic rings. The number of H-pyrrole nitrogens is 2. The van der Waals surface area contributed by atoms with Crippen LogP contribution in [0.3, 0.4) is 0 Å². The number of likely N-dealkylation sites (N-methyl/N-ethyl adjacent to an activating group) is 2. The number of pyridine rings is 4. The number of amides is 1. The number of hydrogen-bond acceptors (Lipinski definition) is 9. The molecule has 2 aliphatic rings. The van der Waals surface area contributed by atoms with E-state index in [9.17, 15) is 9.59 Å². The lowest BCUT2D eigenvalue weighted by Crippen LogP contribution is -2.47. The smallest absolute Gasteiger partial charge is 0.354 e. The maximum Gasteiger partial charge on any atom is 0.354 e. The number of rotatable bonds is 2. The number of aromatic amines is 2. The lowest BCUT2D eigenvalue weighted by molar-refractivity contribution is 0.0656. The van der Waals surface area contributed by atoms with Gasteiger partial charge in [0.15, 0.2) is 0 Å². The van der Waals surface area contributed by atoms with Crippen LogP contribution in [0.25, 0.3) is 43.9 Å². The molecule has 2 fully saturated rings. The van der Waals surface area contributed by atoms with Gasteiger partial charge in [-0.25, -0.2) is 24.7 Å². The summed E-state index contributed by atoms with van der Waals surface area (Å²) in [7, 11) is 4.23. The van der Waals surface area contributed by atoms with Crippen LogP contribution in [0, 0.1) is 0 Å². The van der Waals surface area contributed by atoms with Crippen LogP contribution in [0.4, 0.5) is 0 Å². The van der Waals surface area contributed by atoms with Crippen molar-refractivity contribution in [2.75, 3.05) is 66.5 Å². The first-order chi connectivity index (χ1) is 21.9. The highest BCUT2D eigenvalue weighted by Crippen LogP contribution is 2.25. The summed E-state index contributed by atoms with van der Waals surface area (Å²) in [5.41, 5.74) is 3.80. The fourth-order valence-electron chi connectivity index (χ4n) is 5.44. The highest BCUT2D eigenvalue weighted by Gasteiger charge is 2.22. The molecule has 2 saturated heterocycles. The number of fused-ring (bicyclic) bond motifs is 6. The number of aromatic carboxylic acids is 1. The lowest BCUT2D eigenvalue weighted by Gasteiger charge is -2.32. The first kappa shape index (κ1) is 30.1. The van der Waals surface area contributed by atoms with Gasteiger partial charge in [-0.3, -0.25) is 4.79 Å². The van der Waals surface area contributed by atoms with Crippen LogP contribution in [0.1, 0.15) is 21.0 Å². The molecule has 45 heavy (non-hydrogen) atoms. The van der Waals surface area contributed by atoms with Crippen LogP contribution in [-0.4, -0.2) is 128 Å². The molecule has 0 radical (unpaired) electrons. The summed E-state index contributed by atoms with van der Waals surface area (Å²) in [5, 5.41) is 15.9. The van der Waals surface area contributed by atoms with E-state index in [0.717, 1.165) is 83.1 Å². The molecule has 0 spiro atoms. The average Bonchev–Trinajstić information content (AvgIpc) is 3.63. The standard InChI is InChI=1S/C16H17N5O.C11H7N3O2.C5H12N2/c1-20-5-7-21(8-6-20)16(22)13-9-12-11-3-2-4-17-15(11)19-14(12)10-18-13;15-11(16)8-4-7-6-2-1-3-12-10(6)14-9(7)5-13-8;1-7-4-2-6-3-5-7/h2-4,9-10H,5-8H2,1H3,(H,17,19);1-5H,(H,12,14)(H,15,16);6H,2-5H2,1H3. The highest BCUT2D eigenvalue weighted by molar-refractivity contribution is 6.08. The van der Waals surface area contributed by atoms with E-state index in [1.807, 2.05) is 35.2 Å². The number of carboxylic acids is 1. The highest BCUT2D eigenvalue weighted by atomic mass is 16.4. The lowest BCUT2D eigenvalue weighted by atomic mass is 10.2. The van der Waals surface area contributed by atoms with Gasteiger partial charge in [0.25, 0.3) is 5.91 Å². The number of hydrogen-bond donors (Lipinski definition) is 4. The zero-order valence-corrected chi connectivity index (χ0v) is 25.3. The molecule has 1 amide bonds. The summed E-state index contributed by atoms with van der Waals surface area (Å²) >= 11 is 0. The molecule has 0 unspecified atom stereocenters. The van der Waals surface area contributed by atoms with Crippen molar-refractivity contribution < 1.29 is 14.7 Å². The summed E-state index contributed by atoms with van der Waals surface area (Å²) in [6.07, 6.45) is 6.67. The zero-order chi connectivity index (χ0) is 31.3. The molecule has 13 heteroatoms. The molecule has 13 nitrogen and oxygen atoms in total. The van der Waals surface area contributed by atoms with Gasteiger partial charge in [-0.05, 0) is 50.5 Å². The summed E-state index contributed by atoms with van der Waals surface area (Å²) in [4.78, 5) is 52.8. The predicted molar refractivity (Wildman–Crippen MR) is 174 cm³/mol. The van der Waals surface area contributed by atoms with Crippen molar-refractivity contribution in [2.45, 2.75) is 0 Å². The van der Waals surface area contributed by atoms with E-state index in [4.69, 9.17) is 5.11 Å². The van der Waals surface area contributed by atoms with Crippen molar-refractivity contribution in [3.05, 3.63) is 72.6 Å². The number of carbonyl (C=O) groups excluding carboxylic acids is 1. The largest absolute Gasteiger partial charge is 0.477 e. The van der Waals surface area contributed by atoms with Crippen LogP contribution < -0.4 is 5.32 Å². The Kier molecular flexibility index (Phi) is 8.91. The summed E-state index contributed by atoms with van der Waals surface area (Å²) in [6, 6.07) is 11.0. The normalized spacial score (nSPS) is 15.9. The van der Waals surface area contributed by atoms with Crippen molar-refractivity contribution >= 4 is 55.7 Å². The summed E-state index contributed by atoms with van der Waals surface area (Å²) in [6.45, 7) is 8.07. The van der Waals surface area contributed by atoms with Gasteiger partial charge in [-0.1, -0.05) is 0 Å². The fourth-order valence-corrected chi connectivity index (χ4v) is 5.44. The first-order valence-corrected chi connectivity index (χ1v) is 14.9. The number of carbonyl (C=O) groups is 2. The van der Waals surface area contributed by atoms with Crippen LogP contribution in [0.2, 0.25) is 0 Å². The van der Waals surface area contributed by atoms with Gasteiger partial charge in [0.05, 0.1) is 23.4 Å². The minimum absolute atomic E-state index is 0.00763. The van der Waals surface area contributed by atoms with Gasteiger partial charge in [0.2, 0.25) is 0 Å². The van der Waals surface area contributed by atoms with E-state index < -0.39 is 5.97 Å². The second-order valence-corrected chi connectivity index (χ2v) is 11.2. The number of carboxylic acid groups (broad SMARTS) is 1. The monoisotopic (exact) mass is 608 g/mol. The van der Waals surface area contributed by atoms with Gasteiger partial charge in [-0.2, -0.15) is 0 Å². The van der Waals surface area contributed by atoms with Gasteiger partial charge < -0.3 is 35.1 Å². The average molecular weight is 609 g/mol. The molecule has 8 rings (SSSR count). The van der Waals surface area contributed by atoms with Crippen LogP contribution in [-0.2, 0) is 0 Å². The third kappa shape index (κ3) is 6.75. The van der Waals surface area contributed by atoms with Crippen LogP contribution in [0.15, 0.2) is 61.2 Å². The third-order valence-electron chi connectivity index (χ3n) is 8.08. The first-order valence-electron chi connectivity index (χ1n) is 14.9. The molecule has 0 atom stereocenters. The maximum absolute atomic E-state index is 12.6. The van der Waals surface area contributed by atoms with Crippen LogP contribution >= 0.6 is 0 Å². The molecular weight excluding hydrogens is 572 g/mol. The van der Waals surface area contributed by atoms with Gasteiger partial charge in [0.1, 0.15) is 22.7 Å². The molecule has 0 saturated carbocycles. The molecule has 2 aliphatic heterocycles. The molecule has 4 N–H and O–H groups in total. The van der Waals surface area contributed by atoms with E-state index in [1.54, 1.807) is 24.7 Å². The number of nitrogens with one attached hydrogen (secondary N) is 3. The van der Waals surface area contributed by atoms with Crippen molar-refractivity contribution in [1.82, 2.24) is 49.9 Å². The Morgan fingerprint density at radius 1 is 0.689 bits per heavy atom. The molecule has 0 aliphatic carbocycles. The Hall–Kier alpha value is -4.98. The zero-order valence-electron chi connectivity index (χ0n) is 25.3. The maximum atomic E-state index is 12.6. The van der Waals surface area contributed by atoms with Crippen molar-refractivity contribution in [3.63, 3.8) is 0 Å². The Bertz CT molecular complexity index is 1960. The van der Waals surface area contributed by atoms with E-state index in [0.29, 0.717) is 5.69 Å². The van der Waals surface area contributed by atoms with E-state index in [1.165, 1.54) is 19.3 Å². The molecule has 232 valence electrons. The summed E-state index contributed by atoms with van der Waals surface area (Å²) < 4.78 is 0. The summed E-state index contributed by atoms with van der Waals surface area (Å²) in [5.74, 6) is -1.02. The number of piperazine rings is 2. The number of nitrogens with zero attached hydrogens (tertiary/aromatic N) is 7. The second-order valence-electron chi connectivity index (χ2n) is 11.2. The van der Waals surface area contributed by atoms with Gasteiger partial charge >= 0.3 is 5.97 Å². The van der Waals surface area contributed by atoms with Crippen molar-refractivity contribution in [3.8, 4) is 0 Å². The minimum Gasteiger partial charge on any atom is -0.477 e. The van der Waals surface area contributed by atoms with E-state index in [-0.39, 0.29) is 11.6 Å². The van der Waals surface area contributed by atoms with Crippen LogP contribution in [0.5, 0.6) is 0 Å². The third-order valence-corrected chi connectivity index (χ3v) is 8.08. The predicted octanol–water partition coefficient (Wildman–Crippen LogP) is 2.83. The molecular formula is C32H36N10O3. The topological polar surface area (TPSA) is 159 Å².